The molecule has 0 bridgehead atoms. The van der Waals surface area contributed by atoms with Gasteiger partial charge in [0.05, 0.1) is 16.9 Å². The third-order valence-electron chi connectivity index (χ3n) is 4.52. The fourth-order valence-corrected chi connectivity index (χ4v) is 3.14. The maximum absolute atomic E-state index is 12.5. The lowest BCUT2D eigenvalue weighted by Crippen LogP contribution is -2.28. The Hall–Kier alpha value is -2.63. The highest BCUT2D eigenvalue weighted by Crippen LogP contribution is 2.19. The fourth-order valence-electron chi connectivity index (χ4n) is 2.89. The maximum atomic E-state index is 12.5. The molecule has 28 heavy (non-hydrogen) atoms. The highest BCUT2D eigenvalue weighted by molar-refractivity contribution is 6.41. The number of carbonyl (C=O) groups is 1. The number of aromatic nitrogens is 2. The summed E-state index contributed by atoms with van der Waals surface area (Å²) in [7, 11) is 0. The molecule has 3 rings (SSSR count). The van der Waals surface area contributed by atoms with Crippen LogP contribution in [-0.4, -0.2) is 22.2 Å². The molecule has 0 spiro atoms. The van der Waals surface area contributed by atoms with Crippen molar-refractivity contribution in [3.05, 3.63) is 92.3 Å². The van der Waals surface area contributed by atoms with E-state index in [1.54, 1.807) is 24.3 Å². The molecule has 1 heterocycles. The van der Waals surface area contributed by atoms with Crippen LogP contribution in [0.25, 0.3) is 5.69 Å². The summed E-state index contributed by atoms with van der Waals surface area (Å²) in [6.07, 6.45) is 2.23. The molecular weight excluding hydrogens is 397 g/mol. The van der Waals surface area contributed by atoms with Crippen molar-refractivity contribution in [2.24, 2.45) is 0 Å². The average molecular weight is 416 g/mol. The number of nitrogens with one attached hydrogen (secondary N) is 1. The van der Waals surface area contributed by atoms with Crippen LogP contribution in [0.3, 0.4) is 0 Å². The molecular formula is C21H19Cl2N3O2. The van der Waals surface area contributed by atoms with Gasteiger partial charge in [-0.25, -0.2) is 0 Å². The Morgan fingerprint density at radius 1 is 1.11 bits per heavy atom. The molecule has 1 atom stereocenters. The zero-order valence-corrected chi connectivity index (χ0v) is 16.7. The van der Waals surface area contributed by atoms with E-state index in [0.29, 0.717) is 17.8 Å². The van der Waals surface area contributed by atoms with E-state index in [0.717, 1.165) is 11.1 Å². The third kappa shape index (κ3) is 4.43. The molecule has 0 unspecified atom stereocenters. The topological polar surface area (TPSA) is 64.0 Å². The number of amides is 1. The van der Waals surface area contributed by atoms with Gasteiger partial charge < -0.3 is 5.32 Å². The number of hydrogen-bond acceptors (Lipinski definition) is 3. The van der Waals surface area contributed by atoms with Gasteiger partial charge in [0.1, 0.15) is 5.02 Å². The van der Waals surface area contributed by atoms with E-state index in [2.05, 4.69) is 29.5 Å². The predicted octanol–water partition coefficient (Wildman–Crippen LogP) is 4.46. The summed E-state index contributed by atoms with van der Waals surface area (Å²) in [5, 5.41) is 6.96. The number of nitrogens with zero attached hydrogens (tertiary/aromatic N) is 2. The molecule has 1 amide bonds. The van der Waals surface area contributed by atoms with E-state index in [9.17, 15) is 9.59 Å². The summed E-state index contributed by atoms with van der Waals surface area (Å²) in [6, 6.07) is 16.7. The van der Waals surface area contributed by atoms with Crippen molar-refractivity contribution in [1.82, 2.24) is 15.1 Å². The van der Waals surface area contributed by atoms with Crippen LogP contribution in [0.2, 0.25) is 10.0 Å². The summed E-state index contributed by atoms with van der Waals surface area (Å²) < 4.78 is 1.14. The van der Waals surface area contributed by atoms with Gasteiger partial charge in [-0.3, -0.25) is 9.59 Å². The highest BCUT2D eigenvalue weighted by atomic mass is 35.5. The molecule has 0 aliphatic carbocycles. The van der Waals surface area contributed by atoms with E-state index in [1.807, 2.05) is 18.2 Å². The number of carbonyl (C=O) groups excluding carboxylic acids is 1. The standard InChI is InChI=1S/C21H19Cl2N3O2/c1-2-14(15-6-4-3-5-7-15)12-24-20(27)16-8-10-17(11-9-16)26-21(28)19(23)18(22)13-25-26/h3-11,13-14H,2,12H2,1H3,(H,24,27)/t14-/m0/s1. The summed E-state index contributed by atoms with van der Waals surface area (Å²) in [5.74, 6) is 0.0822. The molecule has 7 heteroatoms. The van der Waals surface area contributed by atoms with Gasteiger partial charge in [0, 0.05) is 18.0 Å². The first kappa shape index (κ1) is 20.1. The lowest BCUT2D eigenvalue weighted by molar-refractivity contribution is 0.0951. The first-order chi connectivity index (χ1) is 13.5. The van der Waals surface area contributed by atoms with Crippen LogP contribution in [0.15, 0.2) is 65.6 Å². The second kappa shape index (κ2) is 9.04. The molecule has 0 aliphatic rings. The van der Waals surface area contributed by atoms with Crippen molar-refractivity contribution in [3.63, 3.8) is 0 Å². The van der Waals surface area contributed by atoms with E-state index < -0.39 is 5.56 Å². The zero-order chi connectivity index (χ0) is 20.1. The normalized spacial score (nSPS) is 11.8. The Bertz CT molecular complexity index is 1020. The molecule has 1 N–H and O–H groups in total. The number of rotatable bonds is 6. The van der Waals surface area contributed by atoms with Crippen LogP contribution in [0.1, 0.15) is 35.2 Å². The van der Waals surface area contributed by atoms with Crippen molar-refractivity contribution >= 4 is 29.1 Å². The minimum Gasteiger partial charge on any atom is -0.351 e. The monoisotopic (exact) mass is 415 g/mol. The van der Waals surface area contributed by atoms with Crippen LogP contribution in [0.4, 0.5) is 0 Å². The predicted molar refractivity (Wildman–Crippen MR) is 112 cm³/mol. The third-order valence-corrected chi connectivity index (χ3v) is 5.27. The Morgan fingerprint density at radius 2 is 1.79 bits per heavy atom. The summed E-state index contributed by atoms with van der Waals surface area (Å²) in [5.41, 5.74) is 1.68. The molecule has 0 fully saturated rings. The second-order valence-electron chi connectivity index (χ2n) is 6.30. The molecule has 3 aromatic rings. The first-order valence-corrected chi connectivity index (χ1v) is 9.63. The molecule has 0 saturated carbocycles. The number of hydrogen-bond donors (Lipinski definition) is 1. The fraction of sp³-hybridized carbons (Fsp3) is 0.190. The molecule has 0 aliphatic heterocycles. The van der Waals surface area contributed by atoms with Crippen molar-refractivity contribution in [1.29, 1.82) is 0 Å². The summed E-state index contributed by atoms with van der Waals surface area (Å²) >= 11 is 11.7. The van der Waals surface area contributed by atoms with Gasteiger partial charge in [-0.15, -0.1) is 0 Å². The largest absolute Gasteiger partial charge is 0.351 e. The van der Waals surface area contributed by atoms with Crippen LogP contribution < -0.4 is 10.9 Å². The maximum Gasteiger partial charge on any atom is 0.291 e. The van der Waals surface area contributed by atoms with Crippen LogP contribution in [0.5, 0.6) is 0 Å². The van der Waals surface area contributed by atoms with Gasteiger partial charge in [-0.2, -0.15) is 9.78 Å². The minimum absolute atomic E-state index is 0.0926. The van der Waals surface area contributed by atoms with Crippen molar-refractivity contribution in [3.8, 4) is 5.69 Å². The van der Waals surface area contributed by atoms with Gasteiger partial charge in [0.15, 0.2) is 0 Å². The second-order valence-corrected chi connectivity index (χ2v) is 7.08. The SMILES string of the molecule is CC[C@@H](CNC(=O)c1ccc(-n2ncc(Cl)c(Cl)c2=O)cc1)c1ccccc1. The lowest BCUT2D eigenvalue weighted by Gasteiger charge is -2.16. The average Bonchev–Trinajstić information content (AvgIpc) is 2.73. The van der Waals surface area contributed by atoms with E-state index in [-0.39, 0.29) is 21.9 Å². The van der Waals surface area contributed by atoms with E-state index in [1.165, 1.54) is 11.8 Å². The van der Waals surface area contributed by atoms with Crippen molar-refractivity contribution < 1.29 is 4.79 Å². The van der Waals surface area contributed by atoms with Gasteiger partial charge in [-0.05, 0) is 36.2 Å². The van der Waals surface area contributed by atoms with Gasteiger partial charge in [0.25, 0.3) is 11.5 Å². The molecule has 2 aromatic carbocycles. The summed E-state index contributed by atoms with van der Waals surface area (Å²) in [4.78, 5) is 24.6. The molecule has 0 saturated heterocycles. The van der Waals surface area contributed by atoms with Crippen LogP contribution in [0, 0.1) is 0 Å². The molecule has 5 nitrogen and oxygen atoms in total. The van der Waals surface area contributed by atoms with Crippen LogP contribution >= 0.6 is 23.2 Å². The smallest absolute Gasteiger partial charge is 0.291 e. The first-order valence-electron chi connectivity index (χ1n) is 8.88. The number of benzene rings is 2. The van der Waals surface area contributed by atoms with Gasteiger partial charge in [-0.1, -0.05) is 60.5 Å². The zero-order valence-electron chi connectivity index (χ0n) is 15.2. The minimum atomic E-state index is -0.514. The molecule has 1 aromatic heterocycles. The Kier molecular flexibility index (Phi) is 6.49. The molecule has 144 valence electrons. The summed E-state index contributed by atoms with van der Waals surface area (Å²) in [6.45, 7) is 2.65. The Morgan fingerprint density at radius 3 is 2.43 bits per heavy atom. The van der Waals surface area contributed by atoms with Gasteiger partial charge in [0.2, 0.25) is 0 Å². The molecule has 0 radical (unpaired) electrons. The van der Waals surface area contributed by atoms with E-state index >= 15 is 0 Å². The van der Waals surface area contributed by atoms with Gasteiger partial charge >= 0.3 is 0 Å². The van der Waals surface area contributed by atoms with Crippen molar-refractivity contribution in [2.45, 2.75) is 19.3 Å². The Labute approximate surface area is 172 Å². The van der Waals surface area contributed by atoms with E-state index in [4.69, 9.17) is 23.2 Å². The number of halogens is 2. The Balaban J connectivity index is 1.70. The van der Waals surface area contributed by atoms with Crippen molar-refractivity contribution in [2.75, 3.05) is 6.54 Å². The quantitative estimate of drug-likeness (QED) is 0.645. The lowest BCUT2D eigenvalue weighted by atomic mass is 9.96. The highest BCUT2D eigenvalue weighted by Gasteiger charge is 2.13. The van der Waals surface area contributed by atoms with Crippen LogP contribution in [-0.2, 0) is 0 Å².